The number of carbonyl (C=O) groups is 1. The summed E-state index contributed by atoms with van der Waals surface area (Å²) in [6, 6.07) is 14.1. The summed E-state index contributed by atoms with van der Waals surface area (Å²) in [6.45, 7) is 3.78. The van der Waals surface area contributed by atoms with Crippen molar-refractivity contribution in [2.24, 2.45) is 0 Å². The molecular formula is C17H14O2. The second-order valence-corrected chi connectivity index (χ2v) is 4.59. The highest BCUT2D eigenvalue weighted by Crippen LogP contribution is 2.36. The van der Waals surface area contributed by atoms with Crippen LogP contribution < -0.4 is 0 Å². The molecule has 0 aromatic heterocycles. The van der Waals surface area contributed by atoms with E-state index in [0.717, 1.165) is 12.0 Å². The van der Waals surface area contributed by atoms with Crippen molar-refractivity contribution in [3.8, 4) is 11.1 Å². The first-order valence-corrected chi connectivity index (χ1v) is 6.29. The maximum atomic E-state index is 11.8. The van der Waals surface area contributed by atoms with E-state index in [2.05, 4.69) is 18.7 Å². The minimum Gasteiger partial charge on any atom is -0.458 e. The van der Waals surface area contributed by atoms with Gasteiger partial charge in [0.05, 0.1) is 5.56 Å². The Morgan fingerprint density at radius 2 is 1.95 bits per heavy atom. The smallest absolute Gasteiger partial charge is 0.338 e. The van der Waals surface area contributed by atoms with Gasteiger partial charge in [-0.15, -0.1) is 0 Å². The normalized spacial score (nSPS) is 11.6. The summed E-state index contributed by atoms with van der Waals surface area (Å²) in [5.74, 6) is -0.299. The third-order valence-electron chi connectivity index (χ3n) is 3.37. The average molecular weight is 250 g/mol. The molecule has 2 aromatic carbocycles. The molecule has 3 rings (SSSR count). The molecule has 1 aliphatic rings. The Morgan fingerprint density at radius 3 is 2.79 bits per heavy atom. The number of rotatable bonds is 3. The van der Waals surface area contributed by atoms with Crippen molar-refractivity contribution in [2.45, 2.75) is 6.42 Å². The molecule has 0 bridgehead atoms. The molecule has 2 heteroatoms. The standard InChI is InChI=1S/C17H14O2/c1-2-9-19-17(18)14-8-7-13-10-12-5-3-4-6-15(12)16(13)11-14/h2-8,11H,1,9-10H2. The topological polar surface area (TPSA) is 26.3 Å². The number of hydrogen-bond acceptors (Lipinski definition) is 2. The van der Waals surface area contributed by atoms with Gasteiger partial charge in [-0.1, -0.05) is 43.0 Å². The molecule has 0 aliphatic heterocycles. The lowest BCUT2D eigenvalue weighted by atomic mass is 10.0. The number of hydrogen-bond donors (Lipinski definition) is 0. The molecular weight excluding hydrogens is 236 g/mol. The molecule has 0 heterocycles. The van der Waals surface area contributed by atoms with Gasteiger partial charge in [-0.2, -0.15) is 0 Å². The summed E-state index contributed by atoms with van der Waals surface area (Å²) in [7, 11) is 0. The fourth-order valence-corrected chi connectivity index (χ4v) is 2.47. The third-order valence-corrected chi connectivity index (χ3v) is 3.37. The fraction of sp³-hybridized carbons (Fsp3) is 0.118. The number of benzene rings is 2. The van der Waals surface area contributed by atoms with E-state index < -0.39 is 0 Å². The zero-order chi connectivity index (χ0) is 13.2. The Morgan fingerprint density at radius 1 is 1.16 bits per heavy atom. The summed E-state index contributed by atoms with van der Waals surface area (Å²) >= 11 is 0. The van der Waals surface area contributed by atoms with Gasteiger partial charge in [0.15, 0.2) is 0 Å². The molecule has 0 atom stereocenters. The van der Waals surface area contributed by atoms with E-state index in [-0.39, 0.29) is 12.6 Å². The van der Waals surface area contributed by atoms with Gasteiger partial charge in [-0.3, -0.25) is 0 Å². The van der Waals surface area contributed by atoms with Crippen LogP contribution >= 0.6 is 0 Å². The van der Waals surface area contributed by atoms with Crippen LogP contribution in [0, 0.1) is 0 Å². The average Bonchev–Trinajstić information content (AvgIpc) is 2.82. The summed E-state index contributed by atoms with van der Waals surface area (Å²) in [5, 5.41) is 0. The van der Waals surface area contributed by atoms with Crippen molar-refractivity contribution in [3.05, 3.63) is 71.8 Å². The van der Waals surface area contributed by atoms with Gasteiger partial charge >= 0.3 is 5.97 Å². The highest BCUT2D eigenvalue weighted by Gasteiger charge is 2.19. The fourth-order valence-electron chi connectivity index (χ4n) is 2.47. The molecule has 0 saturated carbocycles. The maximum absolute atomic E-state index is 11.8. The first kappa shape index (κ1) is 11.7. The molecule has 0 amide bonds. The second kappa shape index (κ2) is 4.73. The minimum atomic E-state index is -0.299. The Balaban J connectivity index is 1.98. The number of esters is 1. The Labute approximate surface area is 112 Å². The highest BCUT2D eigenvalue weighted by molar-refractivity contribution is 5.92. The van der Waals surface area contributed by atoms with Crippen LogP contribution in [-0.4, -0.2) is 12.6 Å². The van der Waals surface area contributed by atoms with Crippen LogP contribution in [0.5, 0.6) is 0 Å². The molecule has 1 aliphatic carbocycles. The van der Waals surface area contributed by atoms with Crippen LogP contribution in [0.3, 0.4) is 0 Å². The van der Waals surface area contributed by atoms with Gasteiger partial charge in [0.2, 0.25) is 0 Å². The molecule has 0 unspecified atom stereocenters. The van der Waals surface area contributed by atoms with Crippen molar-refractivity contribution >= 4 is 5.97 Å². The van der Waals surface area contributed by atoms with E-state index in [9.17, 15) is 4.79 Å². The first-order valence-electron chi connectivity index (χ1n) is 6.29. The predicted molar refractivity (Wildman–Crippen MR) is 75.2 cm³/mol. The lowest BCUT2D eigenvalue weighted by Crippen LogP contribution is -2.05. The summed E-state index contributed by atoms with van der Waals surface area (Å²) < 4.78 is 5.07. The van der Waals surface area contributed by atoms with Crippen LogP contribution in [0.4, 0.5) is 0 Å². The summed E-state index contributed by atoms with van der Waals surface area (Å²) in [6.07, 6.45) is 2.51. The van der Waals surface area contributed by atoms with Crippen LogP contribution in [0.25, 0.3) is 11.1 Å². The van der Waals surface area contributed by atoms with E-state index in [1.807, 2.05) is 30.3 Å². The number of carbonyl (C=O) groups excluding carboxylic acids is 1. The monoisotopic (exact) mass is 250 g/mol. The molecule has 2 nitrogen and oxygen atoms in total. The molecule has 0 radical (unpaired) electrons. The molecule has 0 N–H and O–H groups in total. The first-order chi connectivity index (χ1) is 9.29. The molecule has 0 fully saturated rings. The second-order valence-electron chi connectivity index (χ2n) is 4.59. The van der Waals surface area contributed by atoms with Gasteiger partial charge in [-0.25, -0.2) is 4.79 Å². The van der Waals surface area contributed by atoms with Crippen LogP contribution in [0.1, 0.15) is 21.5 Å². The Kier molecular flexibility index (Phi) is 2.92. The lowest BCUT2D eigenvalue weighted by Gasteiger charge is -2.05. The van der Waals surface area contributed by atoms with Gasteiger partial charge in [-0.05, 0) is 40.8 Å². The van der Waals surface area contributed by atoms with Gasteiger partial charge in [0.1, 0.15) is 6.61 Å². The van der Waals surface area contributed by atoms with Crippen LogP contribution in [0.15, 0.2) is 55.1 Å². The summed E-state index contributed by atoms with van der Waals surface area (Å²) in [5.41, 5.74) is 5.53. The molecule has 2 aromatic rings. The van der Waals surface area contributed by atoms with E-state index in [0.29, 0.717) is 5.56 Å². The minimum absolute atomic E-state index is 0.243. The van der Waals surface area contributed by atoms with Crippen LogP contribution in [0.2, 0.25) is 0 Å². The third kappa shape index (κ3) is 2.06. The Hall–Kier alpha value is -2.35. The van der Waals surface area contributed by atoms with Gasteiger partial charge in [0.25, 0.3) is 0 Å². The van der Waals surface area contributed by atoms with E-state index in [1.165, 1.54) is 16.7 Å². The van der Waals surface area contributed by atoms with Crippen molar-refractivity contribution in [3.63, 3.8) is 0 Å². The van der Waals surface area contributed by atoms with Gasteiger partial charge < -0.3 is 4.74 Å². The lowest BCUT2D eigenvalue weighted by molar-refractivity contribution is 0.0550. The van der Waals surface area contributed by atoms with Crippen molar-refractivity contribution in [1.82, 2.24) is 0 Å². The Bertz CT molecular complexity index is 656. The maximum Gasteiger partial charge on any atom is 0.338 e. The van der Waals surface area contributed by atoms with Crippen molar-refractivity contribution in [1.29, 1.82) is 0 Å². The van der Waals surface area contributed by atoms with E-state index in [1.54, 1.807) is 6.08 Å². The highest BCUT2D eigenvalue weighted by atomic mass is 16.5. The molecule has 94 valence electrons. The van der Waals surface area contributed by atoms with Crippen molar-refractivity contribution in [2.75, 3.05) is 6.61 Å². The van der Waals surface area contributed by atoms with Crippen LogP contribution in [-0.2, 0) is 11.2 Å². The molecule has 0 saturated heterocycles. The zero-order valence-electron chi connectivity index (χ0n) is 10.6. The SMILES string of the molecule is C=CCOC(=O)c1ccc2c(c1)-c1ccccc1C2. The predicted octanol–water partition coefficient (Wildman–Crippen LogP) is 3.60. The quantitative estimate of drug-likeness (QED) is 0.524. The number of fused-ring (bicyclic) bond motifs is 3. The summed E-state index contributed by atoms with van der Waals surface area (Å²) in [4.78, 5) is 11.8. The van der Waals surface area contributed by atoms with E-state index >= 15 is 0 Å². The molecule has 19 heavy (non-hydrogen) atoms. The zero-order valence-corrected chi connectivity index (χ0v) is 10.6. The molecule has 0 spiro atoms. The van der Waals surface area contributed by atoms with E-state index in [4.69, 9.17) is 4.74 Å². The van der Waals surface area contributed by atoms with Crippen molar-refractivity contribution < 1.29 is 9.53 Å². The van der Waals surface area contributed by atoms with Gasteiger partial charge in [0, 0.05) is 0 Å². The largest absolute Gasteiger partial charge is 0.458 e. The number of ether oxygens (including phenoxy) is 1.